The molecule has 18 heavy (non-hydrogen) atoms. The maximum absolute atomic E-state index is 11.6. The Morgan fingerprint density at radius 2 is 2.11 bits per heavy atom. The van der Waals surface area contributed by atoms with E-state index in [1.165, 1.54) is 0 Å². The van der Waals surface area contributed by atoms with Crippen LogP contribution in [-0.2, 0) is 14.3 Å². The van der Waals surface area contributed by atoms with Crippen LogP contribution in [0.3, 0.4) is 0 Å². The number of rotatable bonds is 5. The fourth-order valence-corrected chi connectivity index (χ4v) is 1.68. The minimum Gasteiger partial charge on any atom is -0.376 e. The summed E-state index contributed by atoms with van der Waals surface area (Å²) < 4.78 is 10.7. The largest absolute Gasteiger partial charge is 0.376 e. The number of hydrogen-bond donors (Lipinski definition) is 2. The van der Waals surface area contributed by atoms with Crippen molar-refractivity contribution in [1.29, 1.82) is 0 Å². The summed E-state index contributed by atoms with van der Waals surface area (Å²) in [5.41, 5.74) is 0.935. The second kappa shape index (κ2) is 6.98. The number of carbonyl (C=O) groups excluding carboxylic acids is 1. The Labute approximate surface area is 106 Å². The smallest absolute Gasteiger partial charge is 0.239 e. The zero-order valence-corrected chi connectivity index (χ0v) is 10.2. The lowest BCUT2D eigenvalue weighted by atomic mass is 10.3. The first kappa shape index (κ1) is 12.9. The number of carbonyl (C=O) groups is 1. The molecule has 0 saturated carbocycles. The van der Waals surface area contributed by atoms with Crippen molar-refractivity contribution in [2.24, 2.45) is 0 Å². The van der Waals surface area contributed by atoms with E-state index in [0.717, 1.165) is 5.69 Å². The van der Waals surface area contributed by atoms with Crippen LogP contribution in [0.1, 0.15) is 0 Å². The molecule has 0 aliphatic carbocycles. The lowest BCUT2D eigenvalue weighted by Crippen LogP contribution is -2.41. The maximum Gasteiger partial charge on any atom is 0.239 e. The Morgan fingerprint density at radius 1 is 1.28 bits per heavy atom. The molecule has 0 bridgehead atoms. The van der Waals surface area contributed by atoms with Crippen LogP contribution in [0.25, 0.3) is 0 Å². The molecule has 5 heteroatoms. The van der Waals surface area contributed by atoms with Crippen molar-refractivity contribution in [2.45, 2.75) is 6.10 Å². The van der Waals surface area contributed by atoms with Gasteiger partial charge in [0.25, 0.3) is 0 Å². The standard InChI is InChI=1S/C13H18N2O3/c16-13(9-14-11-4-2-1-3-5-11)15-8-12-10-17-6-7-18-12/h1-5,12,14H,6-10H2,(H,15,16). The Morgan fingerprint density at radius 3 is 2.83 bits per heavy atom. The van der Waals surface area contributed by atoms with E-state index in [0.29, 0.717) is 26.4 Å². The Balaban J connectivity index is 1.63. The molecule has 1 atom stereocenters. The molecule has 1 aliphatic heterocycles. The first-order valence-electron chi connectivity index (χ1n) is 6.09. The summed E-state index contributed by atoms with van der Waals surface area (Å²) in [4.78, 5) is 11.6. The second-order valence-electron chi connectivity index (χ2n) is 4.09. The van der Waals surface area contributed by atoms with Crippen LogP contribution in [0.5, 0.6) is 0 Å². The van der Waals surface area contributed by atoms with Gasteiger partial charge in [0.05, 0.1) is 32.5 Å². The van der Waals surface area contributed by atoms with Crippen molar-refractivity contribution in [3.05, 3.63) is 30.3 Å². The zero-order valence-electron chi connectivity index (χ0n) is 10.2. The van der Waals surface area contributed by atoms with E-state index < -0.39 is 0 Å². The van der Waals surface area contributed by atoms with E-state index in [-0.39, 0.29) is 18.6 Å². The molecule has 2 N–H and O–H groups in total. The van der Waals surface area contributed by atoms with Gasteiger partial charge in [0.1, 0.15) is 0 Å². The molecular formula is C13H18N2O3. The van der Waals surface area contributed by atoms with E-state index >= 15 is 0 Å². The average molecular weight is 250 g/mol. The zero-order chi connectivity index (χ0) is 12.6. The summed E-state index contributed by atoms with van der Waals surface area (Å²) in [6, 6.07) is 9.63. The molecule has 0 radical (unpaired) electrons. The summed E-state index contributed by atoms with van der Waals surface area (Å²) in [5.74, 6) is -0.0481. The van der Waals surface area contributed by atoms with E-state index in [9.17, 15) is 4.79 Å². The molecule has 1 aliphatic rings. The van der Waals surface area contributed by atoms with Gasteiger partial charge in [-0.3, -0.25) is 4.79 Å². The number of hydrogen-bond acceptors (Lipinski definition) is 4. The predicted octanol–water partition coefficient (Wildman–Crippen LogP) is 0.630. The molecule has 5 nitrogen and oxygen atoms in total. The Hall–Kier alpha value is -1.59. The van der Waals surface area contributed by atoms with Crippen LogP contribution in [0, 0.1) is 0 Å². The van der Waals surface area contributed by atoms with Gasteiger partial charge in [-0.25, -0.2) is 0 Å². The average Bonchev–Trinajstić information content (AvgIpc) is 2.45. The summed E-state index contributed by atoms with van der Waals surface area (Å²) >= 11 is 0. The van der Waals surface area contributed by atoms with E-state index in [4.69, 9.17) is 9.47 Å². The summed E-state index contributed by atoms with van der Waals surface area (Å²) in [6.07, 6.45) is -0.0283. The lowest BCUT2D eigenvalue weighted by Gasteiger charge is -2.23. The van der Waals surface area contributed by atoms with E-state index in [2.05, 4.69) is 10.6 Å². The predicted molar refractivity (Wildman–Crippen MR) is 68.5 cm³/mol. The van der Waals surface area contributed by atoms with Gasteiger partial charge in [0, 0.05) is 12.2 Å². The van der Waals surface area contributed by atoms with Crippen molar-refractivity contribution in [3.63, 3.8) is 0 Å². The van der Waals surface area contributed by atoms with Crippen molar-refractivity contribution in [2.75, 3.05) is 38.2 Å². The number of nitrogens with one attached hydrogen (secondary N) is 2. The number of para-hydroxylation sites is 1. The molecule has 0 spiro atoms. The van der Waals surface area contributed by atoms with Crippen molar-refractivity contribution in [3.8, 4) is 0 Å². The van der Waals surface area contributed by atoms with Crippen LogP contribution < -0.4 is 10.6 Å². The van der Waals surface area contributed by atoms with Crippen LogP contribution in [0.15, 0.2) is 30.3 Å². The van der Waals surface area contributed by atoms with E-state index in [1.807, 2.05) is 30.3 Å². The molecule has 1 aromatic rings. The van der Waals surface area contributed by atoms with Crippen LogP contribution in [0.2, 0.25) is 0 Å². The van der Waals surface area contributed by atoms with Crippen LogP contribution in [-0.4, -0.2) is 44.9 Å². The third-order valence-corrected chi connectivity index (χ3v) is 2.64. The van der Waals surface area contributed by atoms with Gasteiger partial charge in [-0.15, -0.1) is 0 Å². The molecule has 1 unspecified atom stereocenters. The van der Waals surface area contributed by atoms with Crippen molar-refractivity contribution < 1.29 is 14.3 Å². The summed E-state index contributed by atoms with van der Waals surface area (Å²) in [5, 5.41) is 5.86. The van der Waals surface area contributed by atoms with E-state index in [1.54, 1.807) is 0 Å². The Kier molecular flexibility index (Phi) is 4.99. The number of benzene rings is 1. The summed E-state index contributed by atoms with van der Waals surface area (Å²) in [7, 11) is 0. The highest BCUT2D eigenvalue weighted by Crippen LogP contribution is 2.03. The molecule has 0 aromatic heterocycles. The highest BCUT2D eigenvalue weighted by molar-refractivity contribution is 5.80. The first-order chi connectivity index (χ1) is 8.84. The summed E-state index contributed by atoms with van der Waals surface area (Å²) in [6.45, 7) is 2.54. The minimum atomic E-state index is -0.0481. The normalized spacial score (nSPS) is 19.2. The highest BCUT2D eigenvalue weighted by Gasteiger charge is 2.14. The molecule has 1 amide bonds. The molecule has 2 rings (SSSR count). The molecule has 98 valence electrons. The van der Waals surface area contributed by atoms with Crippen LogP contribution >= 0.6 is 0 Å². The molecule has 1 heterocycles. The molecular weight excluding hydrogens is 232 g/mol. The van der Waals surface area contributed by atoms with Crippen molar-refractivity contribution in [1.82, 2.24) is 5.32 Å². The third kappa shape index (κ3) is 4.35. The van der Waals surface area contributed by atoms with Gasteiger partial charge in [-0.1, -0.05) is 18.2 Å². The fraction of sp³-hybridized carbons (Fsp3) is 0.462. The minimum absolute atomic E-state index is 0.0283. The monoisotopic (exact) mass is 250 g/mol. The maximum atomic E-state index is 11.6. The quantitative estimate of drug-likeness (QED) is 0.804. The van der Waals surface area contributed by atoms with Gasteiger partial charge >= 0.3 is 0 Å². The van der Waals surface area contributed by atoms with Crippen LogP contribution in [0.4, 0.5) is 5.69 Å². The van der Waals surface area contributed by atoms with Crippen molar-refractivity contribution >= 4 is 11.6 Å². The van der Waals surface area contributed by atoms with Gasteiger partial charge < -0.3 is 20.1 Å². The SMILES string of the molecule is O=C(CNc1ccccc1)NCC1COCCO1. The third-order valence-electron chi connectivity index (χ3n) is 2.64. The van der Waals surface area contributed by atoms with Gasteiger partial charge in [0.2, 0.25) is 5.91 Å². The first-order valence-corrected chi connectivity index (χ1v) is 6.09. The van der Waals surface area contributed by atoms with Gasteiger partial charge in [0.15, 0.2) is 0 Å². The molecule has 1 saturated heterocycles. The Bertz CT molecular complexity index is 364. The van der Waals surface area contributed by atoms with Gasteiger partial charge in [-0.05, 0) is 12.1 Å². The molecule has 1 aromatic carbocycles. The second-order valence-corrected chi connectivity index (χ2v) is 4.09. The number of anilines is 1. The van der Waals surface area contributed by atoms with Gasteiger partial charge in [-0.2, -0.15) is 0 Å². The number of amides is 1. The lowest BCUT2D eigenvalue weighted by molar-refractivity contribution is -0.122. The highest BCUT2D eigenvalue weighted by atomic mass is 16.6. The topological polar surface area (TPSA) is 59.6 Å². The molecule has 1 fully saturated rings. The fourth-order valence-electron chi connectivity index (χ4n) is 1.68. The number of ether oxygens (including phenoxy) is 2.